The fraction of sp³-hybridized carbons (Fsp3) is 0.842. The number of fused-ring (bicyclic) bond motifs is 1. The Hall–Kier alpha value is -0.590. The maximum atomic E-state index is 12.2. The van der Waals surface area contributed by atoms with Gasteiger partial charge in [0.1, 0.15) is 5.78 Å². The van der Waals surface area contributed by atoms with E-state index in [-0.39, 0.29) is 5.41 Å². The molecule has 2 aliphatic carbocycles. The fourth-order valence-electron chi connectivity index (χ4n) is 4.54. The molecule has 0 saturated heterocycles. The Balaban J connectivity index is 2.07. The summed E-state index contributed by atoms with van der Waals surface area (Å²) in [5.74, 6) is 3.58. The van der Waals surface area contributed by atoms with Gasteiger partial charge in [-0.2, -0.15) is 0 Å². The second kappa shape index (κ2) is 6.03. The van der Waals surface area contributed by atoms with Crippen LogP contribution in [0.15, 0.2) is 12.2 Å². The van der Waals surface area contributed by atoms with Crippen LogP contribution in [0.1, 0.15) is 66.7 Å². The average molecular weight is 276 g/mol. The molecule has 0 aromatic heterocycles. The lowest BCUT2D eigenvalue weighted by Gasteiger charge is -2.41. The quantitative estimate of drug-likeness (QED) is 0.640. The van der Waals surface area contributed by atoms with Gasteiger partial charge in [0.05, 0.1) is 0 Å². The molecule has 0 aromatic rings. The molecule has 5 atom stereocenters. The standard InChI is InChI=1S/C19H32O/c1-13(2)14(3)8-9-15(4)16-10-11-17-18(20)7-6-12-19(16,17)5/h8-9,13-17H,6-7,10-12H2,1-5H3/b9-8+/t14-,15+,16+,17-,19+/m0/s1. The van der Waals surface area contributed by atoms with Crippen LogP contribution in [0, 0.1) is 35.0 Å². The highest BCUT2D eigenvalue weighted by molar-refractivity contribution is 5.83. The molecule has 2 saturated carbocycles. The predicted octanol–water partition coefficient (Wildman–Crippen LogP) is 5.26. The lowest BCUT2D eigenvalue weighted by Crippen LogP contribution is -2.39. The van der Waals surface area contributed by atoms with Gasteiger partial charge in [0.15, 0.2) is 0 Å². The minimum atomic E-state index is 0.278. The van der Waals surface area contributed by atoms with E-state index in [1.165, 1.54) is 12.8 Å². The van der Waals surface area contributed by atoms with E-state index in [0.29, 0.717) is 35.4 Å². The third-order valence-electron chi connectivity index (χ3n) is 6.34. The number of carbonyl (C=O) groups is 1. The lowest BCUT2D eigenvalue weighted by molar-refractivity contribution is -0.129. The van der Waals surface area contributed by atoms with Gasteiger partial charge in [0, 0.05) is 12.3 Å². The maximum Gasteiger partial charge on any atom is 0.136 e. The Kier molecular flexibility index (Phi) is 4.76. The van der Waals surface area contributed by atoms with Crippen molar-refractivity contribution in [2.75, 3.05) is 0 Å². The van der Waals surface area contributed by atoms with Gasteiger partial charge in [-0.1, -0.05) is 46.8 Å². The molecule has 2 aliphatic rings. The van der Waals surface area contributed by atoms with E-state index in [1.807, 2.05) is 0 Å². The summed E-state index contributed by atoms with van der Waals surface area (Å²) in [4.78, 5) is 12.2. The number of ketones is 1. The van der Waals surface area contributed by atoms with Crippen molar-refractivity contribution in [2.45, 2.75) is 66.7 Å². The first-order chi connectivity index (χ1) is 9.36. The van der Waals surface area contributed by atoms with Crippen LogP contribution in [0.3, 0.4) is 0 Å². The molecule has 1 nitrogen and oxygen atoms in total. The maximum absolute atomic E-state index is 12.2. The van der Waals surface area contributed by atoms with Crippen LogP contribution in [0.4, 0.5) is 0 Å². The summed E-state index contributed by atoms with van der Waals surface area (Å²) >= 11 is 0. The number of hydrogen-bond donors (Lipinski definition) is 0. The summed E-state index contributed by atoms with van der Waals surface area (Å²) in [6.45, 7) is 11.6. The van der Waals surface area contributed by atoms with Crippen LogP contribution in [-0.2, 0) is 4.79 Å². The molecule has 20 heavy (non-hydrogen) atoms. The van der Waals surface area contributed by atoms with E-state index >= 15 is 0 Å². The Labute approximate surface area is 125 Å². The second-order valence-electron chi connectivity index (χ2n) is 7.91. The second-order valence-corrected chi connectivity index (χ2v) is 7.91. The molecule has 2 rings (SSSR count). The van der Waals surface area contributed by atoms with Crippen molar-refractivity contribution in [3.63, 3.8) is 0 Å². The topological polar surface area (TPSA) is 17.1 Å². The van der Waals surface area contributed by atoms with Gasteiger partial charge in [-0.25, -0.2) is 0 Å². The lowest BCUT2D eigenvalue weighted by atomic mass is 9.62. The third kappa shape index (κ3) is 2.87. The van der Waals surface area contributed by atoms with Crippen LogP contribution in [0.5, 0.6) is 0 Å². The number of rotatable bonds is 4. The Morgan fingerprint density at radius 1 is 1.15 bits per heavy atom. The minimum Gasteiger partial charge on any atom is -0.299 e. The number of hydrogen-bond acceptors (Lipinski definition) is 1. The fourth-order valence-corrected chi connectivity index (χ4v) is 4.54. The van der Waals surface area contributed by atoms with Gasteiger partial charge < -0.3 is 0 Å². The summed E-state index contributed by atoms with van der Waals surface area (Å²) in [7, 11) is 0. The van der Waals surface area contributed by atoms with E-state index in [9.17, 15) is 4.79 Å². The molecule has 0 spiro atoms. The van der Waals surface area contributed by atoms with Gasteiger partial charge in [-0.05, 0) is 54.8 Å². The van der Waals surface area contributed by atoms with Crippen LogP contribution >= 0.6 is 0 Å². The largest absolute Gasteiger partial charge is 0.299 e. The van der Waals surface area contributed by atoms with E-state index in [2.05, 4.69) is 46.8 Å². The molecule has 0 amide bonds. The highest BCUT2D eigenvalue weighted by Gasteiger charge is 2.51. The molecule has 114 valence electrons. The van der Waals surface area contributed by atoms with Gasteiger partial charge >= 0.3 is 0 Å². The first-order valence-corrected chi connectivity index (χ1v) is 8.57. The highest BCUT2D eigenvalue weighted by Crippen LogP contribution is 2.56. The minimum absolute atomic E-state index is 0.278. The van der Waals surface area contributed by atoms with Crippen molar-refractivity contribution in [2.24, 2.45) is 35.0 Å². The van der Waals surface area contributed by atoms with Crippen LogP contribution in [0.2, 0.25) is 0 Å². The first-order valence-electron chi connectivity index (χ1n) is 8.57. The number of Topliss-reactive ketones (excluding diaryl/α,β-unsaturated/α-hetero) is 1. The molecule has 0 aliphatic heterocycles. The van der Waals surface area contributed by atoms with E-state index < -0.39 is 0 Å². The molecule has 0 unspecified atom stereocenters. The molecule has 1 heteroatoms. The zero-order valence-electron chi connectivity index (χ0n) is 14.0. The molecular formula is C19H32O. The smallest absolute Gasteiger partial charge is 0.136 e. The molecule has 0 N–H and O–H groups in total. The monoisotopic (exact) mass is 276 g/mol. The summed E-state index contributed by atoms with van der Waals surface area (Å²) < 4.78 is 0. The van der Waals surface area contributed by atoms with Crippen molar-refractivity contribution in [1.82, 2.24) is 0 Å². The van der Waals surface area contributed by atoms with Crippen molar-refractivity contribution in [3.05, 3.63) is 12.2 Å². The van der Waals surface area contributed by atoms with Gasteiger partial charge in [-0.3, -0.25) is 4.79 Å². The van der Waals surface area contributed by atoms with Gasteiger partial charge in [0.25, 0.3) is 0 Å². The third-order valence-corrected chi connectivity index (χ3v) is 6.34. The Morgan fingerprint density at radius 3 is 2.50 bits per heavy atom. The summed E-state index contributed by atoms with van der Waals surface area (Å²) in [6, 6.07) is 0. The van der Waals surface area contributed by atoms with E-state index in [4.69, 9.17) is 0 Å². The van der Waals surface area contributed by atoms with Gasteiger partial charge in [0.2, 0.25) is 0 Å². The molecular weight excluding hydrogens is 244 g/mol. The summed E-state index contributed by atoms with van der Waals surface area (Å²) in [5, 5.41) is 0. The number of carbonyl (C=O) groups excluding carboxylic acids is 1. The molecule has 0 aromatic carbocycles. The van der Waals surface area contributed by atoms with Crippen LogP contribution in [0.25, 0.3) is 0 Å². The Bertz CT molecular complexity index is 381. The predicted molar refractivity (Wildman–Crippen MR) is 85.5 cm³/mol. The van der Waals surface area contributed by atoms with E-state index in [0.717, 1.165) is 19.3 Å². The SMILES string of the molecule is CC(C)[C@@H](C)/C=C/[C@@H](C)[C@H]1CC[C@H]2C(=O)CCC[C@]12C. The molecule has 2 fully saturated rings. The molecule has 0 bridgehead atoms. The van der Waals surface area contributed by atoms with Gasteiger partial charge in [-0.15, -0.1) is 0 Å². The molecule has 0 heterocycles. The average Bonchev–Trinajstić information content (AvgIpc) is 2.74. The highest BCUT2D eigenvalue weighted by atomic mass is 16.1. The number of allylic oxidation sites excluding steroid dienone is 2. The zero-order valence-corrected chi connectivity index (χ0v) is 14.0. The summed E-state index contributed by atoms with van der Waals surface area (Å²) in [6.07, 6.45) is 10.4. The first kappa shape index (κ1) is 15.8. The summed E-state index contributed by atoms with van der Waals surface area (Å²) in [5.41, 5.74) is 0.278. The van der Waals surface area contributed by atoms with Crippen molar-refractivity contribution in [3.8, 4) is 0 Å². The zero-order chi connectivity index (χ0) is 14.9. The van der Waals surface area contributed by atoms with Crippen molar-refractivity contribution >= 4 is 5.78 Å². The normalized spacial score (nSPS) is 37.4. The van der Waals surface area contributed by atoms with E-state index in [1.54, 1.807) is 0 Å². The van der Waals surface area contributed by atoms with Crippen LogP contribution in [-0.4, -0.2) is 5.78 Å². The van der Waals surface area contributed by atoms with Crippen LogP contribution < -0.4 is 0 Å². The van der Waals surface area contributed by atoms with Crippen molar-refractivity contribution in [1.29, 1.82) is 0 Å². The Morgan fingerprint density at radius 2 is 1.85 bits per heavy atom. The molecule has 0 radical (unpaired) electrons. The van der Waals surface area contributed by atoms with Crippen molar-refractivity contribution < 1.29 is 4.79 Å².